The van der Waals surface area contributed by atoms with Crippen LogP contribution in [0, 0.1) is 3.77 Å². The van der Waals surface area contributed by atoms with Crippen LogP contribution in [-0.4, -0.2) is 4.98 Å². The largest absolute Gasteiger partial charge is 0.438 e. The average Bonchev–Trinajstić information content (AvgIpc) is 1.86. The molecule has 0 fully saturated rings. The van der Waals surface area contributed by atoms with Crippen LogP contribution in [0.2, 0.25) is 0 Å². The molecule has 0 spiro atoms. The van der Waals surface area contributed by atoms with E-state index in [9.17, 15) is 0 Å². The van der Waals surface area contributed by atoms with Gasteiger partial charge in [0.1, 0.15) is 0 Å². The predicted octanol–water partition coefficient (Wildman–Crippen LogP) is 1.28. The molecule has 0 amide bonds. The average molecular weight is 195 g/mol. The van der Waals surface area contributed by atoms with Crippen LogP contribution in [0.15, 0.2) is 17.0 Å². The number of rotatable bonds is 0. The molecule has 0 N–H and O–H groups in total. The summed E-state index contributed by atoms with van der Waals surface area (Å²) in [5, 5.41) is 0. The Balaban J connectivity index is 3.05. The summed E-state index contributed by atoms with van der Waals surface area (Å²) in [6.07, 6.45) is 3.06. The van der Waals surface area contributed by atoms with Crippen LogP contribution in [0.5, 0.6) is 0 Å². The van der Waals surface area contributed by atoms with Gasteiger partial charge in [0.2, 0.25) is 0 Å². The van der Waals surface area contributed by atoms with Crippen molar-refractivity contribution in [2.24, 2.45) is 0 Å². The SMILES string of the molecule is Ic1cnco1. The number of halogens is 1. The number of hydrogen-bond donors (Lipinski definition) is 0. The maximum atomic E-state index is 4.71. The Bertz CT molecular complexity index is 114. The molecule has 0 aromatic carbocycles. The van der Waals surface area contributed by atoms with Gasteiger partial charge in [-0.2, -0.15) is 0 Å². The van der Waals surface area contributed by atoms with Crippen LogP contribution in [0.25, 0.3) is 0 Å². The van der Waals surface area contributed by atoms with Crippen LogP contribution in [-0.2, 0) is 0 Å². The molecule has 0 radical (unpaired) electrons. The third-order valence-electron chi connectivity index (χ3n) is 0.402. The van der Waals surface area contributed by atoms with Gasteiger partial charge in [0, 0.05) is 22.6 Å². The van der Waals surface area contributed by atoms with Crippen molar-refractivity contribution in [2.75, 3.05) is 0 Å². The molecule has 1 rings (SSSR count). The second-order valence-electron chi connectivity index (χ2n) is 0.806. The van der Waals surface area contributed by atoms with Gasteiger partial charge < -0.3 is 4.42 Å². The van der Waals surface area contributed by atoms with Gasteiger partial charge in [-0.1, -0.05) is 0 Å². The molecule has 32 valence electrons. The van der Waals surface area contributed by atoms with Gasteiger partial charge in [0.25, 0.3) is 0 Å². The molecule has 3 heteroatoms. The van der Waals surface area contributed by atoms with E-state index < -0.39 is 0 Å². The topological polar surface area (TPSA) is 26.0 Å². The molecule has 0 atom stereocenters. The third-order valence-corrected chi connectivity index (χ3v) is 0.935. The summed E-state index contributed by atoms with van der Waals surface area (Å²) in [6, 6.07) is 0. The molecule has 0 bridgehead atoms. The third kappa shape index (κ3) is 0.707. The lowest BCUT2D eigenvalue weighted by atomic mass is 11.0. The van der Waals surface area contributed by atoms with E-state index in [4.69, 9.17) is 4.42 Å². The molecule has 0 aliphatic rings. The summed E-state index contributed by atoms with van der Waals surface area (Å²) < 4.78 is 5.54. The number of oxazole rings is 1. The van der Waals surface area contributed by atoms with E-state index in [0.29, 0.717) is 0 Å². The zero-order chi connectivity index (χ0) is 4.41. The van der Waals surface area contributed by atoms with Crippen molar-refractivity contribution in [3.05, 3.63) is 16.4 Å². The highest BCUT2D eigenvalue weighted by molar-refractivity contribution is 14.1. The van der Waals surface area contributed by atoms with Crippen LogP contribution < -0.4 is 0 Å². The van der Waals surface area contributed by atoms with Crippen LogP contribution >= 0.6 is 22.6 Å². The van der Waals surface area contributed by atoms with E-state index in [1.807, 2.05) is 22.6 Å². The van der Waals surface area contributed by atoms with E-state index in [1.54, 1.807) is 6.20 Å². The summed E-state index contributed by atoms with van der Waals surface area (Å²) in [5.41, 5.74) is 0. The van der Waals surface area contributed by atoms with Crippen molar-refractivity contribution in [1.82, 2.24) is 4.98 Å². The van der Waals surface area contributed by atoms with Crippen LogP contribution in [0.1, 0.15) is 0 Å². The lowest BCUT2D eigenvalue weighted by Gasteiger charge is -1.63. The van der Waals surface area contributed by atoms with E-state index in [-0.39, 0.29) is 0 Å². The minimum Gasteiger partial charge on any atom is -0.438 e. The lowest BCUT2D eigenvalue weighted by Crippen LogP contribution is -1.47. The van der Waals surface area contributed by atoms with Gasteiger partial charge in [0.15, 0.2) is 10.2 Å². The minimum atomic E-state index is 0.826. The van der Waals surface area contributed by atoms with Crippen molar-refractivity contribution in [1.29, 1.82) is 0 Å². The van der Waals surface area contributed by atoms with Crippen molar-refractivity contribution < 1.29 is 4.42 Å². The molecule has 0 unspecified atom stereocenters. The van der Waals surface area contributed by atoms with Crippen LogP contribution in [0.3, 0.4) is 0 Å². The van der Waals surface area contributed by atoms with Gasteiger partial charge in [-0.25, -0.2) is 4.98 Å². The maximum Gasteiger partial charge on any atom is 0.183 e. The van der Waals surface area contributed by atoms with Gasteiger partial charge in [0.05, 0.1) is 6.20 Å². The second-order valence-corrected chi connectivity index (χ2v) is 1.87. The first-order chi connectivity index (χ1) is 2.89. The molecule has 0 saturated heterocycles. The van der Waals surface area contributed by atoms with Crippen molar-refractivity contribution in [3.8, 4) is 0 Å². The summed E-state index contributed by atoms with van der Waals surface area (Å²) in [7, 11) is 0. The standard InChI is InChI=1S/C3H2INO/c4-3-1-5-2-6-3/h1-2H. The van der Waals surface area contributed by atoms with Crippen molar-refractivity contribution >= 4 is 22.6 Å². The second kappa shape index (κ2) is 1.59. The van der Waals surface area contributed by atoms with Gasteiger partial charge in [-0.05, 0) is 0 Å². The molecule has 0 aliphatic heterocycles. The zero-order valence-electron chi connectivity index (χ0n) is 2.89. The fourth-order valence-electron chi connectivity index (χ4n) is 0.200. The number of hydrogen-bond acceptors (Lipinski definition) is 2. The van der Waals surface area contributed by atoms with E-state index >= 15 is 0 Å². The minimum absolute atomic E-state index is 0.826. The highest BCUT2D eigenvalue weighted by Crippen LogP contribution is 1.97. The fraction of sp³-hybridized carbons (Fsp3) is 0. The first kappa shape index (κ1) is 4.11. The molecular weight excluding hydrogens is 193 g/mol. The van der Waals surface area contributed by atoms with Crippen LogP contribution in [0.4, 0.5) is 0 Å². The van der Waals surface area contributed by atoms with Crippen molar-refractivity contribution in [2.45, 2.75) is 0 Å². The Hall–Kier alpha value is -0.0600. The van der Waals surface area contributed by atoms with Gasteiger partial charge >= 0.3 is 0 Å². The van der Waals surface area contributed by atoms with E-state index in [1.165, 1.54) is 6.39 Å². The smallest absolute Gasteiger partial charge is 0.183 e. The molecule has 1 heterocycles. The summed E-state index contributed by atoms with van der Waals surface area (Å²) in [6.45, 7) is 0. The molecule has 2 nitrogen and oxygen atoms in total. The molecule has 0 saturated carbocycles. The molecular formula is C3H2INO. The van der Waals surface area contributed by atoms with E-state index in [0.717, 1.165) is 3.77 Å². The summed E-state index contributed by atoms with van der Waals surface area (Å²) in [4.78, 5) is 3.65. The number of aromatic nitrogens is 1. The Morgan fingerprint density at radius 1 is 1.83 bits per heavy atom. The maximum absolute atomic E-state index is 4.71. The molecule has 1 aromatic heterocycles. The van der Waals surface area contributed by atoms with Gasteiger partial charge in [-0.15, -0.1) is 0 Å². The first-order valence-corrected chi connectivity index (χ1v) is 2.51. The number of nitrogens with zero attached hydrogens (tertiary/aromatic N) is 1. The normalized spacial score (nSPS) is 8.83. The highest BCUT2D eigenvalue weighted by atomic mass is 127. The summed E-state index contributed by atoms with van der Waals surface area (Å²) in [5.74, 6) is 0. The monoisotopic (exact) mass is 195 g/mol. The highest BCUT2D eigenvalue weighted by Gasteiger charge is 1.80. The lowest BCUT2D eigenvalue weighted by molar-refractivity contribution is 0.530. The molecule has 0 aliphatic carbocycles. The quantitative estimate of drug-likeness (QED) is 0.582. The summed E-state index contributed by atoms with van der Waals surface area (Å²) >= 11 is 2.05. The van der Waals surface area contributed by atoms with E-state index in [2.05, 4.69) is 4.98 Å². The first-order valence-electron chi connectivity index (χ1n) is 1.43. The molecule has 1 aromatic rings. The van der Waals surface area contributed by atoms with Gasteiger partial charge in [-0.3, -0.25) is 0 Å². The van der Waals surface area contributed by atoms with Crippen molar-refractivity contribution in [3.63, 3.8) is 0 Å². The predicted molar refractivity (Wildman–Crippen MR) is 29.2 cm³/mol. The Morgan fingerprint density at radius 3 is 2.83 bits per heavy atom. The Morgan fingerprint density at radius 2 is 2.67 bits per heavy atom. The Kier molecular flexibility index (Phi) is 1.09. The molecule has 6 heavy (non-hydrogen) atoms. The Labute approximate surface area is 48.7 Å². The fourth-order valence-corrected chi connectivity index (χ4v) is 0.475. The zero-order valence-corrected chi connectivity index (χ0v) is 5.05.